The molecule has 2 rings (SSSR count). The van der Waals surface area contributed by atoms with Crippen molar-refractivity contribution in [2.24, 2.45) is 0 Å². The quantitative estimate of drug-likeness (QED) is 0.634. The van der Waals surface area contributed by atoms with Crippen LogP contribution in [-0.4, -0.2) is 24.1 Å². The molecular weight excluding hydrogens is 246 g/mol. The van der Waals surface area contributed by atoms with Gasteiger partial charge in [0.2, 0.25) is 0 Å². The Morgan fingerprint density at radius 1 is 1.22 bits per heavy atom. The number of hydrogen-bond donors (Lipinski definition) is 2. The van der Waals surface area contributed by atoms with Crippen LogP contribution in [0, 0.1) is 11.8 Å². The molecule has 1 heterocycles. The van der Waals surface area contributed by atoms with Crippen molar-refractivity contribution in [3.05, 3.63) is 35.4 Å². The summed E-state index contributed by atoms with van der Waals surface area (Å²) in [5.41, 5.74) is 1.29. The molecular formula is C15H18ClNO. The highest BCUT2D eigenvalue weighted by Gasteiger charge is 2.30. The van der Waals surface area contributed by atoms with E-state index < -0.39 is 5.60 Å². The fourth-order valence-corrected chi connectivity index (χ4v) is 2.30. The van der Waals surface area contributed by atoms with E-state index in [9.17, 15) is 5.11 Å². The fourth-order valence-electron chi connectivity index (χ4n) is 2.20. The van der Waals surface area contributed by atoms with Gasteiger partial charge in [-0.15, -0.1) is 11.6 Å². The zero-order chi connectivity index (χ0) is 12.8. The van der Waals surface area contributed by atoms with Crippen LogP contribution in [0.4, 0.5) is 0 Å². The van der Waals surface area contributed by atoms with Crippen molar-refractivity contribution in [1.82, 2.24) is 5.32 Å². The summed E-state index contributed by atoms with van der Waals surface area (Å²) in [6.45, 7) is 1.74. The highest BCUT2D eigenvalue weighted by Crippen LogP contribution is 2.30. The molecule has 1 aromatic rings. The topological polar surface area (TPSA) is 32.3 Å². The molecule has 3 heteroatoms. The van der Waals surface area contributed by atoms with Crippen LogP contribution in [0.3, 0.4) is 0 Å². The summed E-state index contributed by atoms with van der Waals surface area (Å²) < 4.78 is 0. The fraction of sp³-hybridized carbons (Fsp3) is 0.467. The van der Waals surface area contributed by atoms with Gasteiger partial charge < -0.3 is 10.4 Å². The van der Waals surface area contributed by atoms with E-state index >= 15 is 0 Å². The molecule has 0 atom stereocenters. The molecule has 0 unspecified atom stereocenters. The van der Waals surface area contributed by atoms with Crippen LogP contribution < -0.4 is 5.32 Å². The van der Waals surface area contributed by atoms with Crippen molar-refractivity contribution >= 4 is 11.6 Å². The molecule has 0 aliphatic carbocycles. The van der Waals surface area contributed by atoms with Crippen LogP contribution in [0.15, 0.2) is 24.3 Å². The molecule has 1 fully saturated rings. The maximum Gasteiger partial charge on any atom is 0.0920 e. The number of alkyl halides is 1. The second kappa shape index (κ2) is 6.24. The van der Waals surface area contributed by atoms with Crippen molar-refractivity contribution in [3.8, 4) is 11.8 Å². The average molecular weight is 264 g/mol. The first-order valence-corrected chi connectivity index (χ1v) is 6.86. The van der Waals surface area contributed by atoms with Gasteiger partial charge >= 0.3 is 0 Å². The normalized spacial score (nSPS) is 17.9. The van der Waals surface area contributed by atoms with E-state index in [0.29, 0.717) is 12.3 Å². The summed E-state index contributed by atoms with van der Waals surface area (Å²) in [4.78, 5) is 0. The van der Waals surface area contributed by atoms with E-state index in [1.807, 2.05) is 24.3 Å². The van der Waals surface area contributed by atoms with E-state index in [1.165, 1.54) is 0 Å². The maximum absolute atomic E-state index is 10.6. The minimum Gasteiger partial charge on any atom is -0.385 e. The zero-order valence-electron chi connectivity index (χ0n) is 10.4. The molecule has 0 saturated carbocycles. The molecule has 0 bridgehead atoms. The number of nitrogens with one attached hydrogen (secondary N) is 1. The summed E-state index contributed by atoms with van der Waals surface area (Å²) in [6, 6.07) is 7.90. The lowest BCUT2D eigenvalue weighted by Gasteiger charge is -2.33. The Morgan fingerprint density at radius 2 is 1.89 bits per heavy atom. The second-order valence-corrected chi connectivity index (χ2v) is 4.98. The van der Waals surface area contributed by atoms with Crippen LogP contribution in [0.1, 0.15) is 30.4 Å². The molecule has 0 spiro atoms. The standard InChI is InChI=1S/C15H18ClNO/c16-10-2-1-3-13-4-6-14(7-5-13)15(18)8-11-17-12-9-15/h4-7,17-18H,2,8-12H2. The summed E-state index contributed by atoms with van der Waals surface area (Å²) in [6.07, 6.45) is 2.24. The predicted octanol–water partition coefficient (Wildman–Crippen LogP) is 2.24. The van der Waals surface area contributed by atoms with Gasteiger partial charge in [-0.2, -0.15) is 0 Å². The number of hydrogen-bond acceptors (Lipinski definition) is 2. The van der Waals surface area contributed by atoms with Gasteiger partial charge in [0, 0.05) is 17.9 Å². The number of benzene rings is 1. The lowest BCUT2D eigenvalue weighted by Crippen LogP contribution is -2.39. The van der Waals surface area contributed by atoms with Gasteiger partial charge in [0.05, 0.1) is 5.60 Å². The SMILES string of the molecule is OC1(c2ccc(C#CCCCl)cc2)CCNCC1. The van der Waals surface area contributed by atoms with Gasteiger partial charge in [-0.3, -0.25) is 0 Å². The summed E-state index contributed by atoms with van der Waals surface area (Å²) in [5.74, 6) is 6.63. The Hall–Kier alpha value is -1.01. The van der Waals surface area contributed by atoms with Crippen LogP contribution in [0.25, 0.3) is 0 Å². The number of rotatable bonds is 2. The third kappa shape index (κ3) is 3.26. The Balaban J connectivity index is 2.10. The molecule has 96 valence electrons. The number of aliphatic hydroxyl groups is 1. The van der Waals surface area contributed by atoms with Crippen LogP contribution >= 0.6 is 11.6 Å². The molecule has 18 heavy (non-hydrogen) atoms. The van der Waals surface area contributed by atoms with Gasteiger partial charge in [-0.1, -0.05) is 24.0 Å². The van der Waals surface area contributed by atoms with Crippen molar-refractivity contribution in [3.63, 3.8) is 0 Å². The van der Waals surface area contributed by atoms with Crippen molar-refractivity contribution < 1.29 is 5.11 Å². The van der Waals surface area contributed by atoms with Crippen molar-refractivity contribution in [1.29, 1.82) is 0 Å². The molecule has 0 amide bonds. The van der Waals surface area contributed by atoms with Crippen LogP contribution in [-0.2, 0) is 5.60 Å². The molecule has 1 saturated heterocycles. The smallest absolute Gasteiger partial charge is 0.0920 e. The van der Waals surface area contributed by atoms with Crippen molar-refractivity contribution in [2.45, 2.75) is 24.9 Å². The first-order valence-electron chi connectivity index (χ1n) is 6.33. The molecule has 1 aliphatic rings. The van der Waals surface area contributed by atoms with Crippen LogP contribution in [0.2, 0.25) is 0 Å². The molecule has 0 aromatic heterocycles. The third-order valence-electron chi connectivity index (χ3n) is 3.31. The minimum absolute atomic E-state index is 0.567. The second-order valence-electron chi connectivity index (χ2n) is 4.60. The van der Waals surface area contributed by atoms with E-state index in [0.717, 1.165) is 37.1 Å². The first kappa shape index (κ1) is 13.4. The predicted molar refractivity (Wildman–Crippen MR) is 74.7 cm³/mol. The van der Waals surface area contributed by atoms with E-state index in [4.69, 9.17) is 11.6 Å². The van der Waals surface area contributed by atoms with Gasteiger partial charge in [-0.25, -0.2) is 0 Å². The van der Waals surface area contributed by atoms with E-state index in [1.54, 1.807) is 0 Å². The highest BCUT2D eigenvalue weighted by atomic mass is 35.5. The Bertz CT molecular complexity index is 438. The molecule has 0 radical (unpaired) electrons. The number of piperidine rings is 1. The summed E-state index contributed by atoms with van der Waals surface area (Å²) in [7, 11) is 0. The summed E-state index contributed by atoms with van der Waals surface area (Å²) in [5, 5.41) is 13.8. The molecule has 2 N–H and O–H groups in total. The van der Waals surface area contributed by atoms with Gasteiger partial charge in [0.25, 0.3) is 0 Å². The lowest BCUT2D eigenvalue weighted by molar-refractivity contribution is 0.00594. The molecule has 1 aromatic carbocycles. The zero-order valence-corrected chi connectivity index (χ0v) is 11.1. The molecule has 1 aliphatic heterocycles. The highest BCUT2D eigenvalue weighted by molar-refractivity contribution is 6.18. The first-order chi connectivity index (χ1) is 8.74. The largest absolute Gasteiger partial charge is 0.385 e. The average Bonchev–Trinajstić information content (AvgIpc) is 2.41. The summed E-state index contributed by atoms with van der Waals surface area (Å²) >= 11 is 5.57. The van der Waals surface area contributed by atoms with Gasteiger partial charge in [0.1, 0.15) is 0 Å². The monoisotopic (exact) mass is 263 g/mol. The minimum atomic E-state index is -0.673. The van der Waals surface area contributed by atoms with E-state index in [2.05, 4.69) is 17.2 Å². The Kier molecular flexibility index (Phi) is 4.66. The van der Waals surface area contributed by atoms with E-state index in [-0.39, 0.29) is 0 Å². The van der Waals surface area contributed by atoms with Gasteiger partial charge in [-0.05, 0) is 43.6 Å². The van der Waals surface area contributed by atoms with Crippen LogP contribution in [0.5, 0.6) is 0 Å². The Morgan fingerprint density at radius 3 is 2.50 bits per heavy atom. The third-order valence-corrected chi connectivity index (χ3v) is 3.49. The number of halogens is 1. The maximum atomic E-state index is 10.6. The van der Waals surface area contributed by atoms with Gasteiger partial charge in [0.15, 0.2) is 0 Å². The molecule has 2 nitrogen and oxygen atoms in total. The van der Waals surface area contributed by atoms with Crippen molar-refractivity contribution in [2.75, 3.05) is 19.0 Å². The Labute approximate surface area is 113 Å². The lowest BCUT2D eigenvalue weighted by atomic mass is 9.85.